The molecule has 2 aromatic rings. The number of fused-ring (bicyclic) bond motifs is 14. The van der Waals surface area contributed by atoms with Crippen LogP contribution in [0, 0.1) is 17.8 Å². The van der Waals surface area contributed by atoms with E-state index in [0.717, 1.165) is 19.8 Å². The molecular formula is C71H97Cl2N15O18. The number of Topliss-reactive ketones (excluding diaryl/α,β-unsaturated/α-hetero) is 1. The Hall–Kier alpha value is -7.70. The Kier molecular flexibility index (Phi) is 22.9. The van der Waals surface area contributed by atoms with Crippen LogP contribution in [0.5, 0.6) is 0 Å². The van der Waals surface area contributed by atoms with Gasteiger partial charge in [-0.15, -0.1) is 0 Å². The number of methoxy groups -OCH3 is 1. The minimum absolute atomic E-state index is 0.0173. The highest BCUT2D eigenvalue weighted by atomic mass is 35.5. The number of anilines is 1. The van der Waals surface area contributed by atoms with Gasteiger partial charge in [0.15, 0.2) is 5.78 Å². The van der Waals surface area contributed by atoms with Crippen LogP contribution in [0.2, 0.25) is 10.0 Å². The summed E-state index contributed by atoms with van der Waals surface area (Å²) in [6, 6.07) is -10.8. The topological polar surface area (TPSA) is 443 Å². The van der Waals surface area contributed by atoms with Crippen LogP contribution >= 0.6 is 23.2 Å². The highest BCUT2D eigenvalue weighted by Crippen LogP contribution is 2.55. The molecule has 1 aliphatic carbocycles. The Morgan fingerprint density at radius 3 is 1.59 bits per heavy atom. The Bertz CT molecular complexity index is 3630. The van der Waals surface area contributed by atoms with Gasteiger partial charge in [0, 0.05) is 86.6 Å². The first-order valence-corrected chi connectivity index (χ1v) is 37.6. The first kappa shape index (κ1) is 77.9. The van der Waals surface area contributed by atoms with Crippen molar-refractivity contribution in [2.75, 3.05) is 51.8 Å². The lowest BCUT2D eigenvalue weighted by Crippen LogP contribution is -2.68. The van der Waals surface area contributed by atoms with E-state index in [9.17, 15) is 54.3 Å². The van der Waals surface area contributed by atoms with Gasteiger partial charge in [-0.05, 0) is 132 Å². The van der Waals surface area contributed by atoms with E-state index in [1.807, 2.05) is 0 Å². The summed E-state index contributed by atoms with van der Waals surface area (Å²) in [4.78, 5) is 183. The second-order valence-corrected chi connectivity index (χ2v) is 31.4. The fraction of sp³-hybridized carbons (Fsp3) is 0.662. The van der Waals surface area contributed by atoms with E-state index < -0.39 is 223 Å². The average molecular weight is 1520 g/mol. The molecular weight excluding hydrogens is 1420 g/mol. The van der Waals surface area contributed by atoms with Crippen molar-refractivity contribution in [2.45, 2.75) is 234 Å². The number of rotatable bonds is 9. The monoisotopic (exact) mass is 1520 g/mol. The second kappa shape index (κ2) is 31.1. The molecule has 0 radical (unpaired) electrons. The lowest BCUT2D eigenvalue weighted by Gasteiger charge is -2.43. The molecule has 18 atom stereocenters. The number of nitrogens with one attached hydrogen (secondary N) is 9. The normalized spacial score (nSPS) is 33.7. The van der Waals surface area contributed by atoms with Gasteiger partial charge in [0.25, 0.3) is 17.7 Å². The Morgan fingerprint density at radius 2 is 1.02 bits per heavy atom. The summed E-state index contributed by atoms with van der Waals surface area (Å²) in [6.07, 6.45) is -4.10. The standard InChI is InChI=1S/C71H97Cl2N15O18/c1-32(2)55-67(102)87-49(15-11-19-75-87)64(99)83-21-9-8-13-47(83)59(94)78-46(31-106-7)58(93)82-57(35(6)91)66(101)85-52(62(97)81-55)30-71(105)41-26-39(43(73)28-45(41)79-69(71)85)38-25-40-36(23-42(38)72)24-54-70(40,104)29-51-61(96)80-56(33(3)4)68(103)88-50(16-12-20-76-88)65(100)86-48(14-10-18-74-86)60(95)77-44(17-22-89)53(92)27-37(34(5)90)63(98)84(51)54/h23,25-26,28,32-35,37,44,46-52,54-57,69,74-76,79,89-91,104-105H,8-22,24,27,29-31H2,1-7H3,(H,77,95)(H,78,94)(H,80,96)(H,81,97)(H,82,93)/t34-,35-,37+,44-,46-,47+,48+,49-,50?,51-,52-,54+,55+,56+,57+,69-,70+,71+/m0/s1. The van der Waals surface area contributed by atoms with Crippen LogP contribution in [-0.4, -0.2) is 263 Å². The van der Waals surface area contributed by atoms with E-state index in [2.05, 4.69) is 48.2 Å². The van der Waals surface area contributed by atoms with Crippen LogP contribution in [0.25, 0.3) is 11.1 Å². The number of aliphatic hydroxyl groups excluding tert-OH is 3. The van der Waals surface area contributed by atoms with E-state index in [4.69, 9.17) is 27.9 Å². The first-order chi connectivity index (χ1) is 50.3. The summed E-state index contributed by atoms with van der Waals surface area (Å²) in [5.41, 5.74) is 5.63. The van der Waals surface area contributed by atoms with Gasteiger partial charge < -0.3 is 76.9 Å². The summed E-state index contributed by atoms with van der Waals surface area (Å²) in [6.45, 7) is 9.12. The molecule has 11 amide bonds. The summed E-state index contributed by atoms with van der Waals surface area (Å²) in [5, 5.41) is 80.7. The van der Waals surface area contributed by atoms with Gasteiger partial charge in [0.05, 0.1) is 41.8 Å². The van der Waals surface area contributed by atoms with Gasteiger partial charge in [-0.3, -0.25) is 72.6 Å². The zero-order valence-electron chi connectivity index (χ0n) is 60.3. The summed E-state index contributed by atoms with van der Waals surface area (Å²) >= 11 is 14.6. The predicted octanol–water partition coefficient (Wildman–Crippen LogP) is -2.09. The van der Waals surface area contributed by atoms with Crippen molar-refractivity contribution in [3.8, 4) is 11.1 Å². The Balaban J connectivity index is 0.910. The van der Waals surface area contributed by atoms with Gasteiger partial charge in [0.1, 0.15) is 77.8 Å². The average Bonchev–Trinajstić information content (AvgIpc) is 1.55. The molecule has 8 fully saturated rings. The second-order valence-electron chi connectivity index (χ2n) is 30.6. The van der Waals surface area contributed by atoms with Crippen LogP contribution in [-0.2, 0) is 79.9 Å². The zero-order chi connectivity index (χ0) is 76.4. The van der Waals surface area contributed by atoms with Crippen molar-refractivity contribution in [2.24, 2.45) is 17.8 Å². The van der Waals surface area contributed by atoms with Gasteiger partial charge >= 0.3 is 0 Å². The van der Waals surface area contributed by atoms with E-state index in [0.29, 0.717) is 44.2 Å². The molecule has 8 saturated heterocycles. The quantitative estimate of drug-likeness (QED) is 0.128. The van der Waals surface area contributed by atoms with Gasteiger partial charge in [-0.25, -0.2) is 16.3 Å². The number of amides is 11. The molecule has 35 heteroatoms. The third kappa shape index (κ3) is 14.2. The maximum atomic E-state index is 15.7. The predicted molar refractivity (Wildman–Crippen MR) is 377 cm³/mol. The molecule has 0 bridgehead atoms. The van der Waals surface area contributed by atoms with Crippen molar-refractivity contribution in [3.05, 3.63) is 51.0 Å². The van der Waals surface area contributed by atoms with Gasteiger partial charge in [0.2, 0.25) is 47.3 Å². The summed E-state index contributed by atoms with van der Waals surface area (Å²) in [5.74, 6) is -12.6. The van der Waals surface area contributed by atoms with Crippen molar-refractivity contribution in [1.82, 2.24) is 72.6 Å². The summed E-state index contributed by atoms with van der Waals surface area (Å²) in [7, 11) is 1.28. The molecule has 0 saturated carbocycles. The number of carbonyl (C=O) groups is 12. The van der Waals surface area contributed by atoms with E-state index in [-0.39, 0.29) is 96.1 Å². The zero-order valence-corrected chi connectivity index (χ0v) is 61.8. The van der Waals surface area contributed by atoms with E-state index >= 15 is 28.8 Å². The highest BCUT2D eigenvalue weighted by molar-refractivity contribution is 6.37. The molecule has 578 valence electrons. The van der Waals surface area contributed by atoms with Crippen molar-refractivity contribution in [3.63, 3.8) is 0 Å². The van der Waals surface area contributed by atoms with Crippen LogP contribution < -0.4 is 48.2 Å². The van der Waals surface area contributed by atoms with E-state index in [1.54, 1.807) is 27.7 Å². The number of halogens is 2. The maximum absolute atomic E-state index is 15.7. The number of hydrazine groups is 3. The lowest BCUT2D eigenvalue weighted by atomic mass is 9.86. The highest BCUT2D eigenvalue weighted by Gasteiger charge is 2.64. The summed E-state index contributed by atoms with van der Waals surface area (Å²) < 4.78 is 5.38. The number of aliphatic hydroxyl groups is 5. The van der Waals surface area contributed by atoms with Crippen molar-refractivity contribution >= 4 is 99.7 Å². The number of carbonyl (C=O) groups excluding carboxylic acids is 12. The molecule has 9 aliphatic heterocycles. The maximum Gasteiger partial charge on any atom is 0.261 e. The van der Waals surface area contributed by atoms with Gasteiger partial charge in [-0.2, -0.15) is 0 Å². The van der Waals surface area contributed by atoms with Gasteiger partial charge in [-0.1, -0.05) is 50.9 Å². The third-order valence-electron chi connectivity index (χ3n) is 23.0. The molecule has 33 nitrogen and oxygen atoms in total. The molecule has 0 aromatic heterocycles. The Morgan fingerprint density at radius 1 is 0.509 bits per heavy atom. The van der Waals surface area contributed by atoms with Crippen LogP contribution in [0.3, 0.4) is 0 Å². The number of hydrogen-bond acceptors (Lipinski definition) is 22. The molecule has 0 spiro atoms. The number of piperidine rings is 1. The lowest BCUT2D eigenvalue weighted by molar-refractivity contribution is -0.161. The fourth-order valence-corrected chi connectivity index (χ4v) is 17.9. The van der Waals surface area contributed by atoms with Crippen molar-refractivity contribution in [1.29, 1.82) is 0 Å². The van der Waals surface area contributed by atoms with Crippen LogP contribution in [0.4, 0.5) is 5.69 Å². The van der Waals surface area contributed by atoms with E-state index in [1.165, 1.54) is 55.1 Å². The molecule has 12 rings (SSSR count). The number of benzene rings is 2. The minimum atomic E-state index is -2.27. The van der Waals surface area contributed by atoms with Crippen LogP contribution in [0.15, 0.2) is 24.3 Å². The van der Waals surface area contributed by atoms with Crippen molar-refractivity contribution < 1.29 is 87.8 Å². The molecule has 10 aliphatic rings. The number of nitrogens with zero attached hydrogens (tertiary/aromatic N) is 6. The molecule has 2 aromatic carbocycles. The number of ketones is 1. The molecule has 9 heterocycles. The third-order valence-corrected chi connectivity index (χ3v) is 23.6. The molecule has 106 heavy (non-hydrogen) atoms. The SMILES string of the molecule is COC[C@@H]1NC(=O)[C@H]2CCCCN2C(=O)[C@@H]2CCCNN2C(=O)[C@@H](C(C)C)NC(=O)[C@@H]2C[C@@]3(O)c4cc(-c5cc6c(cc5Cl)C[C@H]5N7C(=O)[C@@H]([C@H](C)O)CC(=O)[C@H](CCO)NC(=O)[C@H]8CCCNN8C(=O)C8CCCNN8C(=O)[C@@H](C(C)C)NC(=O)[C@@H]7C[C@@]65O)c(Cl)cc4N[C@H]3N2C(=O)[C@@H]([C@H](C)O)NC1=O. The number of ether oxygens (including phenoxy) is 1. The largest absolute Gasteiger partial charge is 0.396 e. The first-order valence-electron chi connectivity index (χ1n) is 36.9. The Labute approximate surface area is 622 Å². The minimum Gasteiger partial charge on any atom is -0.396 e. The smallest absolute Gasteiger partial charge is 0.261 e. The molecule has 14 N–H and O–H groups in total. The number of hydrogen-bond donors (Lipinski definition) is 14. The van der Waals surface area contributed by atoms with Crippen LogP contribution in [0.1, 0.15) is 142 Å². The molecule has 1 unspecified atom stereocenters. The fourth-order valence-electron chi connectivity index (χ4n) is 17.3.